The van der Waals surface area contributed by atoms with E-state index in [4.69, 9.17) is 0 Å². The van der Waals surface area contributed by atoms with Crippen LogP contribution < -0.4 is 10.2 Å². The Hall–Kier alpha value is -2.30. The zero-order valence-electron chi connectivity index (χ0n) is 16.2. The Morgan fingerprint density at radius 2 is 2.00 bits per heavy atom. The van der Waals surface area contributed by atoms with Crippen LogP contribution in [0.3, 0.4) is 0 Å². The van der Waals surface area contributed by atoms with E-state index in [2.05, 4.69) is 29.2 Å². The average molecular weight is 354 g/mol. The van der Waals surface area contributed by atoms with Gasteiger partial charge in [-0.2, -0.15) is 5.10 Å². The Balaban J connectivity index is 1.67. The molecule has 0 unspecified atom stereocenters. The van der Waals surface area contributed by atoms with Crippen molar-refractivity contribution in [1.82, 2.24) is 9.78 Å². The molecule has 140 valence electrons. The van der Waals surface area contributed by atoms with Crippen molar-refractivity contribution in [2.24, 2.45) is 5.92 Å². The molecule has 1 aliphatic rings. The Morgan fingerprint density at radius 1 is 1.27 bits per heavy atom. The quantitative estimate of drug-likeness (QED) is 0.722. The number of amides is 1. The van der Waals surface area contributed by atoms with E-state index in [1.54, 1.807) is 0 Å². The van der Waals surface area contributed by atoms with Gasteiger partial charge in [0, 0.05) is 36.4 Å². The van der Waals surface area contributed by atoms with Gasteiger partial charge in [0.15, 0.2) is 0 Å². The van der Waals surface area contributed by atoms with Crippen molar-refractivity contribution < 1.29 is 4.79 Å². The molecule has 0 radical (unpaired) electrons. The van der Waals surface area contributed by atoms with Crippen LogP contribution in [-0.4, -0.2) is 28.8 Å². The number of aromatic nitrogens is 2. The number of rotatable bonds is 9. The number of hydrogen-bond acceptors (Lipinski definition) is 3. The van der Waals surface area contributed by atoms with E-state index in [1.165, 1.54) is 31.4 Å². The fourth-order valence-electron chi connectivity index (χ4n) is 3.15. The Labute approximate surface area is 156 Å². The van der Waals surface area contributed by atoms with Gasteiger partial charge in [0.25, 0.3) is 5.91 Å². The largest absolute Gasteiger partial charge is 0.372 e. The average Bonchev–Trinajstić information content (AvgIpc) is 3.41. The molecule has 1 saturated carbocycles. The Morgan fingerprint density at radius 3 is 2.62 bits per heavy atom. The van der Waals surface area contributed by atoms with Crippen LogP contribution in [0.15, 0.2) is 30.5 Å². The van der Waals surface area contributed by atoms with Crippen LogP contribution in [0.4, 0.5) is 11.5 Å². The van der Waals surface area contributed by atoms with Crippen molar-refractivity contribution in [3.05, 3.63) is 41.6 Å². The third kappa shape index (κ3) is 4.45. The summed E-state index contributed by atoms with van der Waals surface area (Å²) in [5, 5.41) is 7.47. The number of benzene rings is 1. The molecule has 1 aromatic heterocycles. The van der Waals surface area contributed by atoms with E-state index in [9.17, 15) is 4.79 Å². The highest BCUT2D eigenvalue weighted by Crippen LogP contribution is 2.32. The zero-order valence-corrected chi connectivity index (χ0v) is 16.2. The second kappa shape index (κ2) is 8.39. The molecule has 5 heteroatoms. The van der Waals surface area contributed by atoms with E-state index in [-0.39, 0.29) is 5.91 Å². The van der Waals surface area contributed by atoms with Crippen molar-refractivity contribution in [2.45, 2.75) is 53.0 Å². The maximum atomic E-state index is 12.7. The number of aryl methyl sites for hydroxylation is 1. The van der Waals surface area contributed by atoms with Gasteiger partial charge in [-0.05, 0) is 63.3 Å². The summed E-state index contributed by atoms with van der Waals surface area (Å²) in [6.45, 7) is 9.29. The molecule has 1 aliphatic carbocycles. The molecular weight excluding hydrogens is 324 g/mol. The molecule has 0 bridgehead atoms. The van der Waals surface area contributed by atoms with Crippen molar-refractivity contribution in [2.75, 3.05) is 23.3 Å². The highest BCUT2D eigenvalue weighted by Gasteiger charge is 2.24. The summed E-state index contributed by atoms with van der Waals surface area (Å²) < 4.78 is 1.93. The maximum Gasteiger partial charge on any atom is 0.256 e. The lowest BCUT2D eigenvalue weighted by Gasteiger charge is -2.23. The molecule has 0 atom stereocenters. The van der Waals surface area contributed by atoms with Crippen molar-refractivity contribution >= 4 is 17.4 Å². The van der Waals surface area contributed by atoms with Crippen LogP contribution in [0.1, 0.15) is 55.5 Å². The summed E-state index contributed by atoms with van der Waals surface area (Å²) in [7, 11) is 0. The van der Waals surface area contributed by atoms with Gasteiger partial charge < -0.3 is 10.2 Å². The topological polar surface area (TPSA) is 50.2 Å². The molecule has 2 aromatic rings. The van der Waals surface area contributed by atoms with Gasteiger partial charge in [-0.25, -0.2) is 4.68 Å². The first-order valence-electron chi connectivity index (χ1n) is 9.81. The molecule has 0 spiro atoms. The Kier molecular flexibility index (Phi) is 5.96. The minimum absolute atomic E-state index is 0.0752. The fourth-order valence-corrected chi connectivity index (χ4v) is 3.15. The van der Waals surface area contributed by atoms with Gasteiger partial charge in [-0.15, -0.1) is 0 Å². The molecule has 26 heavy (non-hydrogen) atoms. The molecule has 0 aliphatic heterocycles. The normalized spacial score (nSPS) is 13.7. The summed E-state index contributed by atoms with van der Waals surface area (Å²) in [4.78, 5) is 15.0. The summed E-state index contributed by atoms with van der Waals surface area (Å²) in [5.74, 6) is 1.46. The van der Waals surface area contributed by atoms with Gasteiger partial charge >= 0.3 is 0 Å². The molecule has 1 aromatic carbocycles. The van der Waals surface area contributed by atoms with Gasteiger partial charge in [-0.3, -0.25) is 4.79 Å². The first kappa shape index (κ1) is 18.5. The second-order valence-electron chi connectivity index (χ2n) is 7.24. The number of nitrogens with zero attached hydrogens (tertiary/aromatic N) is 3. The highest BCUT2D eigenvalue weighted by atomic mass is 16.1. The number of nitrogens with one attached hydrogen (secondary N) is 1. The summed E-state index contributed by atoms with van der Waals surface area (Å²) in [6.07, 6.45) is 6.72. The van der Waals surface area contributed by atoms with E-state index >= 15 is 0 Å². The molecule has 1 fully saturated rings. The van der Waals surface area contributed by atoms with E-state index in [0.29, 0.717) is 11.5 Å². The van der Waals surface area contributed by atoms with Crippen LogP contribution in [-0.2, 0) is 6.54 Å². The van der Waals surface area contributed by atoms with E-state index in [1.807, 2.05) is 42.1 Å². The molecule has 1 heterocycles. The first-order chi connectivity index (χ1) is 12.6. The van der Waals surface area contributed by atoms with Gasteiger partial charge in [0.2, 0.25) is 0 Å². The molecular formula is C21H30N4O. The third-order valence-corrected chi connectivity index (χ3v) is 5.04. The number of hydrogen-bond donors (Lipinski definition) is 1. The summed E-state index contributed by atoms with van der Waals surface area (Å²) >= 11 is 0. The van der Waals surface area contributed by atoms with E-state index < -0.39 is 0 Å². The predicted molar refractivity (Wildman–Crippen MR) is 107 cm³/mol. The second-order valence-corrected chi connectivity index (χ2v) is 7.24. The van der Waals surface area contributed by atoms with Crippen LogP contribution in [0.2, 0.25) is 0 Å². The number of anilines is 2. The van der Waals surface area contributed by atoms with Crippen molar-refractivity contribution in [3.63, 3.8) is 0 Å². The molecule has 3 rings (SSSR count). The van der Waals surface area contributed by atoms with Crippen LogP contribution in [0.25, 0.3) is 0 Å². The van der Waals surface area contributed by atoms with E-state index in [0.717, 1.165) is 31.0 Å². The third-order valence-electron chi connectivity index (χ3n) is 5.04. The zero-order chi connectivity index (χ0) is 18.5. The smallest absolute Gasteiger partial charge is 0.256 e. The molecule has 1 N–H and O–H groups in total. The minimum atomic E-state index is -0.0752. The summed E-state index contributed by atoms with van der Waals surface area (Å²) in [5.41, 5.74) is 2.86. The monoisotopic (exact) mass is 354 g/mol. The molecule has 0 saturated heterocycles. The number of carbonyl (C=O) groups is 1. The standard InChI is InChI=1S/C21H30N4O/c1-4-6-13-24(5-2)19-11-9-18(10-12-19)21(26)23-20-16(3)14-22-25(20)15-17-7-8-17/h9-12,14,17H,4-8,13,15H2,1-3H3,(H,23,26). The van der Waals surface area contributed by atoms with Crippen molar-refractivity contribution in [3.8, 4) is 0 Å². The summed E-state index contributed by atoms with van der Waals surface area (Å²) in [6, 6.07) is 7.91. The Bertz CT molecular complexity index is 731. The first-order valence-corrected chi connectivity index (χ1v) is 9.81. The fraction of sp³-hybridized carbons (Fsp3) is 0.524. The molecule has 1 amide bonds. The lowest BCUT2D eigenvalue weighted by molar-refractivity contribution is 0.102. The van der Waals surface area contributed by atoms with Crippen LogP contribution >= 0.6 is 0 Å². The van der Waals surface area contributed by atoms with Crippen LogP contribution in [0.5, 0.6) is 0 Å². The number of unbranched alkanes of at least 4 members (excludes halogenated alkanes) is 1. The predicted octanol–water partition coefficient (Wildman–Crippen LogP) is 4.48. The lowest BCUT2D eigenvalue weighted by Crippen LogP contribution is -2.24. The lowest BCUT2D eigenvalue weighted by atomic mass is 10.1. The number of carbonyl (C=O) groups excluding carboxylic acids is 1. The minimum Gasteiger partial charge on any atom is -0.372 e. The SMILES string of the molecule is CCCCN(CC)c1ccc(C(=O)Nc2c(C)cnn2CC2CC2)cc1. The van der Waals surface area contributed by atoms with Gasteiger partial charge in [-0.1, -0.05) is 13.3 Å². The molecule has 5 nitrogen and oxygen atoms in total. The van der Waals surface area contributed by atoms with Crippen LogP contribution in [0, 0.1) is 12.8 Å². The van der Waals surface area contributed by atoms with Gasteiger partial charge in [0.05, 0.1) is 6.20 Å². The van der Waals surface area contributed by atoms with Gasteiger partial charge in [0.1, 0.15) is 5.82 Å². The maximum absolute atomic E-state index is 12.7. The van der Waals surface area contributed by atoms with Crippen molar-refractivity contribution in [1.29, 1.82) is 0 Å². The highest BCUT2D eigenvalue weighted by molar-refractivity contribution is 6.04.